The summed E-state index contributed by atoms with van der Waals surface area (Å²) in [6, 6.07) is 10.3. The zero-order valence-electron chi connectivity index (χ0n) is 15.0. The minimum absolute atomic E-state index is 0.236. The summed E-state index contributed by atoms with van der Waals surface area (Å²) in [5.41, 5.74) is 0.300. The minimum Gasteiger partial charge on any atom is -0.325 e. The molecule has 1 N–H and O–H groups in total. The van der Waals surface area contributed by atoms with E-state index < -0.39 is 39.1 Å². The number of anilines is 1. The molecule has 0 heterocycles. The van der Waals surface area contributed by atoms with Crippen LogP contribution in [0.1, 0.15) is 11.1 Å². The van der Waals surface area contributed by atoms with E-state index in [-0.39, 0.29) is 6.54 Å². The van der Waals surface area contributed by atoms with Crippen molar-refractivity contribution in [1.29, 1.82) is 0 Å². The van der Waals surface area contributed by atoms with Crippen LogP contribution in [0.3, 0.4) is 0 Å². The van der Waals surface area contributed by atoms with Crippen molar-refractivity contribution in [1.82, 2.24) is 4.31 Å². The molecular formula is C19H19F3N2O3S. The fourth-order valence-electron chi connectivity index (χ4n) is 2.46. The molecule has 0 aliphatic heterocycles. The zero-order valence-corrected chi connectivity index (χ0v) is 15.8. The van der Waals surface area contributed by atoms with Crippen molar-refractivity contribution in [3.63, 3.8) is 0 Å². The number of hydrogen-bond acceptors (Lipinski definition) is 3. The van der Waals surface area contributed by atoms with Crippen LogP contribution >= 0.6 is 0 Å². The summed E-state index contributed by atoms with van der Waals surface area (Å²) >= 11 is 0. The Balaban J connectivity index is 2.26. The maximum Gasteiger partial charge on any atom is 0.416 e. The maximum absolute atomic E-state index is 12.9. The van der Waals surface area contributed by atoms with Crippen molar-refractivity contribution in [3.05, 3.63) is 72.3 Å². The average molecular weight is 412 g/mol. The van der Waals surface area contributed by atoms with Gasteiger partial charge in [0.2, 0.25) is 15.9 Å². The lowest BCUT2D eigenvalue weighted by molar-refractivity contribution is -0.137. The Kier molecular flexibility index (Phi) is 6.63. The molecule has 0 bridgehead atoms. The van der Waals surface area contributed by atoms with Crippen molar-refractivity contribution < 1.29 is 26.4 Å². The third-order valence-electron chi connectivity index (χ3n) is 3.75. The number of benzene rings is 2. The Morgan fingerprint density at radius 3 is 2.46 bits per heavy atom. The number of carbonyl (C=O) groups excluding carboxylic acids is 1. The van der Waals surface area contributed by atoms with Gasteiger partial charge in [0, 0.05) is 12.2 Å². The molecule has 0 spiro atoms. The molecule has 0 unspecified atom stereocenters. The number of amides is 1. The first-order valence-electron chi connectivity index (χ1n) is 8.19. The topological polar surface area (TPSA) is 66.5 Å². The Morgan fingerprint density at radius 1 is 1.18 bits per heavy atom. The largest absolute Gasteiger partial charge is 0.416 e. The van der Waals surface area contributed by atoms with E-state index in [1.165, 1.54) is 6.08 Å². The van der Waals surface area contributed by atoms with E-state index in [4.69, 9.17) is 0 Å². The van der Waals surface area contributed by atoms with Gasteiger partial charge < -0.3 is 5.32 Å². The van der Waals surface area contributed by atoms with Crippen molar-refractivity contribution >= 4 is 21.6 Å². The summed E-state index contributed by atoms with van der Waals surface area (Å²) in [6.45, 7) is 4.47. The van der Waals surface area contributed by atoms with E-state index in [9.17, 15) is 26.4 Å². The lowest BCUT2D eigenvalue weighted by Gasteiger charge is -2.21. The van der Waals surface area contributed by atoms with Crippen LogP contribution in [0, 0.1) is 6.92 Å². The van der Waals surface area contributed by atoms with Gasteiger partial charge in [0.25, 0.3) is 0 Å². The van der Waals surface area contributed by atoms with Crippen molar-refractivity contribution in [2.45, 2.75) is 18.0 Å². The second kappa shape index (κ2) is 8.57. The van der Waals surface area contributed by atoms with Gasteiger partial charge >= 0.3 is 6.18 Å². The molecular weight excluding hydrogens is 393 g/mol. The molecule has 0 saturated heterocycles. The van der Waals surface area contributed by atoms with E-state index in [0.717, 1.165) is 28.1 Å². The minimum atomic E-state index is -4.68. The Hall–Kier alpha value is -2.65. The first-order valence-corrected chi connectivity index (χ1v) is 9.63. The van der Waals surface area contributed by atoms with Crippen molar-refractivity contribution in [3.8, 4) is 0 Å². The van der Waals surface area contributed by atoms with Gasteiger partial charge in [0.1, 0.15) is 0 Å². The smallest absolute Gasteiger partial charge is 0.325 e. The number of rotatable bonds is 7. The molecule has 0 aliphatic carbocycles. The number of alkyl halides is 3. The van der Waals surface area contributed by atoms with Gasteiger partial charge in [0.05, 0.1) is 17.0 Å². The van der Waals surface area contributed by atoms with Gasteiger partial charge in [-0.05, 0) is 42.8 Å². The molecule has 0 aliphatic rings. The number of nitrogens with zero attached hydrogens (tertiary/aromatic N) is 1. The van der Waals surface area contributed by atoms with Gasteiger partial charge in [-0.15, -0.1) is 6.58 Å². The van der Waals surface area contributed by atoms with E-state index in [0.29, 0.717) is 11.8 Å². The fourth-order valence-corrected chi connectivity index (χ4v) is 3.87. The summed E-state index contributed by atoms with van der Waals surface area (Å²) in [5, 5.41) is 2.57. The fraction of sp³-hybridized carbons (Fsp3) is 0.211. The Morgan fingerprint density at radius 2 is 1.86 bits per heavy atom. The van der Waals surface area contributed by atoms with Crippen LogP contribution < -0.4 is 5.32 Å². The molecule has 1 amide bonds. The number of nitrogens with one attached hydrogen (secondary N) is 1. The number of aryl methyl sites for hydroxylation is 1. The monoisotopic (exact) mass is 412 g/mol. The molecule has 2 aromatic carbocycles. The van der Waals surface area contributed by atoms with Crippen LogP contribution in [0.15, 0.2) is 66.1 Å². The van der Waals surface area contributed by atoms with Crippen LogP contribution in [0.4, 0.5) is 18.9 Å². The second-order valence-corrected chi connectivity index (χ2v) is 7.97. The number of carbonyl (C=O) groups is 1. The normalized spacial score (nSPS) is 12.0. The van der Waals surface area contributed by atoms with Gasteiger partial charge in [-0.2, -0.15) is 17.5 Å². The van der Waals surface area contributed by atoms with Crippen LogP contribution in [-0.2, 0) is 21.0 Å². The summed E-state index contributed by atoms with van der Waals surface area (Å²) in [6.07, 6.45) is -3.43. The van der Waals surface area contributed by atoms with Gasteiger partial charge in [-0.3, -0.25) is 4.79 Å². The predicted octanol–water partition coefficient (Wildman–Crippen LogP) is 3.83. The first kappa shape index (κ1) is 21.6. The highest BCUT2D eigenvalue weighted by Crippen LogP contribution is 2.31. The summed E-state index contributed by atoms with van der Waals surface area (Å²) < 4.78 is 65.0. The highest BCUT2D eigenvalue weighted by molar-refractivity contribution is 7.89. The molecule has 0 saturated carbocycles. The van der Waals surface area contributed by atoms with Crippen LogP contribution in [0.25, 0.3) is 0 Å². The Bertz CT molecular complexity index is 972. The summed E-state index contributed by atoms with van der Waals surface area (Å²) in [5.74, 6) is -0.622. The maximum atomic E-state index is 12.9. The number of sulfonamides is 1. The zero-order chi connectivity index (χ0) is 20.9. The standard InChI is InChI=1S/C19H19F3N2O3S/c1-3-10-24(13-18(25)23-16-8-4-6-14(2)11-16)28(26,27)17-9-5-7-15(12-17)19(20,21)22/h3-9,11-12H,1,10,13H2,2H3,(H,23,25). The Labute approximate surface area is 161 Å². The second-order valence-electron chi connectivity index (χ2n) is 6.03. The van der Waals surface area contributed by atoms with Crippen molar-refractivity contribution in [2.24, 2.45) is 0 Å². The van der Waals surface area contributed by atoms with E-state index in [1.54, 1.807) is 18.2 Å². The molecule has 5 nitrogen and oxygen atoms in total. The van der Waals surface area contributed by atoms with Crippen LogP contribution in [-0.4, -0.2) is 31.7 Å². The number of halogens is 3. The molecule has 2 rings (SSSR count). The van der Waals surface area contributed by atoms with Crippen LogP contribution in [0.2, 0.25) is 0 Å². The van der Waals surface area contributed by atoms with Gasteiger partial charge in [-0.1, -0.05) is 24.3 Å². The van der Waals surface area contributed by atoms with Gasteiger partial charge in [-0.25, -0.2) is 8.42 Å². The number of hydrogen-bond donors (Lipinski definition) is 1. The third-order valence-corrected chi connectivity index (χ3v) is 5.56. The lowest BCUT2D eigenvalue weighted by Crippen LogP contribution is -2.38. The summed E-state index contributed by atoms with van der Waals surface area (Å²) in [7, 11) is -4.34. The molecule has 150 valence electrons. The highest BCUT2D eigenvalue weighted by Gasteiger charge is 2.33. The quantitative estimate of drug-likeness (QED) is 0.703. The predicted molar refractivity (Wildman–Crippen MR) is 100 cm³/mol. The molecule has 0 fully saturated rings. The SMILES string of the molecule is C=CCN(CC(=O)Nc1cccc(C)c1)S(=O)(=O)c1cccc(C(F)(F)F)c1. The van der Waals surface area contributed by atoms with Crippen LogP contribution in [0.5, 0.6) is 0 Å². The molecule has 9 heteroatoms. The molecule has 0 radical (unpaired) electrons. The van der Waals surface area contributed by atoms with Crippen molar-refractivity contribution in [2.75, 3.05) is 18.4 Å². The highest BCUT2D eigenvalue weighted by atomic mass is 32.2. The molecule has 28 heavy (non-hydrogen) atoms. The van der Waals surface area contributed by atoms with E-state index >= 15 is 0 Å². The first-order chi connectivity index (χ1) is 13.0. The molecule has 2 aromatic rings. The molecule has 0 atom stereocenters. The third kappa shape index (κ3) is 5.43. The summed E-state index contributed by atoms with van der Waals surface area (Å²) in [4.78, 5) is 11.7. The van der Waals surface area contributed by atoms with Gasteiger partial charge in [0.15, 0.2) is 0 Å². The lowest BCUT2D eigenvalue weighted by atomic mass is 10.2. The molecule has 0 aromatic heterocycles. The van der Waals surface area contributed by atoms with E-state index in [1.807, 2.05) is 13.0 Å². The van der Waals surface area contributed by atoms with E-state index in [2.05, 4.69) is 11.9 Å². The average Bonchev–Trinajstić information content (AvgIpc) is 2.60.